The SMILES string of the molecule is COC(=O)c1cc2c(ccc3ccoc32)[nH]1. The van der Waals surface area contributed by atoms with Crippen LogP contribution >= 0.6 is 0 Å². The van der Waals surface area contributed by atoms with Gasteiger partial charge >= 0.3 is 5.97 Å². The summed E-state index contributed by atoms with van der Waals surface area (Å²) in [6.45, 7) is 0. The fourth-order valence-corrected chi connectivity index (χ4v) is 1.85. The molecular formula is C12H9NO3. The standard InChI is InChI=1S/C12H9NO3/c1-15-12(14)10-6-8-9(13-10)3-2-7-4-5-16-11(7)8/h2-6,13H,1H3. The van der Waals surface area contributed by atoms with Crippen molar-refractivity contribution in [2.24, 2.45) is 0 Å². The van der Waals surface area contributed by atoms with Crippen LogP contribution in [0.3, 0.4) is 0 Å². The second-order valence-corrected chi connectivity index (χ2v) is 3.54. The molecule has 0 aliphatic heterocycles. The maximum Gasteiger partial charge on any atom is 0.354 e. The summed E-state index contributed by atoms with van der Waals surface area (Å²) in [7, 11) is 1.36. The number of hydrogen-bond acceptors (Lipinski definition) is 3. The summed E-state index contributed by atoms with van der Waals surface area (Å²) in [6.07, 6.45) is 1.63. The molecule has 4 heteroatoms. The molecule has 0 atom stereocenters. The molecule has 0 radical (unpaired) electrons. The number of H-pyrrole nitrogens is 1. The number of aromatic amines is 1. The summed E-state index contributed by atoms with van der Waals surface area (Å²) >= 11 is 0. The minimum atomic E-state index is -0.379. The highest BCUT2D eigenvalue weighted by molar-refractivity contribution is 6.06. The van der Waals surface area contributed by atoms with Crippen molar-refractivity contribution in [1.82, 2.24) is 4.98 Å². The molecule has 0 fully saturated rings. The molecule has 2 aromatic heterocycles. The van der Waals surface area contributed by atoms with Crippen molar-refractivity contribution < 1.29 is 13.9 Å². The average Bonchev–Trinajstić information content (AvgIpc) is 2.92. The number of rotatable bonds is 1. The number of carbonyl (C=O) groups excluding carboxylic acids is 1. The van der Waals surface area contributed by atoms with Crippen molar-refractivity contribution in [3.05, 3.63) is 36.2 Å². The van der Waals surface area contributed by atoms with Crippen LogP contribution in [0.25, 0.3) is 21.9 Å². The monoisotopic (exact) mass is 215 g/mol. The molecule has 0 bridgehead atoms. The van der Waals surface area contributed by atoms with Crippen LogP contribution in [-0.2, 0) is 4.74 Å². The highest BCUT2D eigenvalue weighted by Gasteiger charge is 2.12. The topological polar surface area (TPSA) is 55.2 Å². The van der Waals surface area contributed by atoms with Gasteiger partial charge in [-0.15, -0.1) is 0 Å². The molecule has 4 nitrogen and oxygen atoms in total. The number of esters is 1. The lowest BCUT2D eigenvalue weighted by Gasteiger charge is -1.91. The van der Waals surface area contributed by atoms with Crippen LogP contribution in [0.5, 0.6) is 0 Å². The number of fused-ring (bicyclic) bond motifs is 3. The Labute approximate surface area is 90.8 Å². The summed E-state index contributed by atoms with van der Waals surface area (Å²) in [5.41, 5.74) is 2.08. The molecule has 80 valence electrons. The van der Waals surface area contributed by atoms with Gasteiger partial charge in [-0.25, -0.2) is 4.79 Å². The maximum absolute atomic E-state index is 11.4. The van der Waals surface area contributed by atoms with Gasteiger partial charge in [0.2, 0.25) is 0 Å². The van der Waals surface area contributed by atoms with Crippen LogP contribution in [-0.4, -0.2) is 18.1 Å². The van der Waals surface area contributed by atoms with Crippen LogP contribution in [0.1, 0.15) is 10.5 Å². The highest BCUT2D eigenvalue weighted by atomic mass is 16.5. The third-order valence-electron chi connectivity index (χ3n) is 2.62. The van der Waals surface area contributed by atoms with Crippen molar-refractivity contribution in [2.45, 2.75) is 0 Å². The molecule has 3 rings (SSSR count). The van der Waals surface area contributed by atoms with Crippen LogP contribution in [0.2, 0.25) is 0 Å². The van der Waals surface area contributed by atoms with Gasteiger partial charge in [0.15, 0.2) is 0 Å². The van der Waals surface area contributed by atoms with Crippen LogP contribution in [0.15, 0.2) is 34.9 Å². The van der Waals surface area contributed by atoms with Crippen molar-refractivity contribution >= 4 is 27.8 Å². The van der Waals surface area contributed by atoms with E-state index in [-0.39, 0.29) is 5.97 Å². The van der Waals surface area contributed by atoms with Crippen LogP contribution in [0.4, 0.5) is 0 Å². The molecule has 0 aliphatic rings. The minimum absolute atomic E-state index is 0.379. The highest BCUT2D eigenvalue weighted by Crippen LogP contribution is 2.26. The van der Waals surface area contributed by atoms with Crippen molar-refractivity contribution in [3.63, 3.8) is 0 Å². The second-order valence-electron chi connectivity index (χ2n) is 3.54. The molecule has 2 heterocycles. The number of ether oxygens (including phenoxy) is 1. The largest absolute Gasteiger partial charge is 0.464 e. The van der Waals surface area contributed by atoms with Gasteiger partial charge in [-0.3, -0.25) is 0 Å². The molecule has 0 saturated carbocycles. The van der Waals surface area contributed by atoms with Crippen LogP contribution in [0, 0.1) is 0 Å². The Morgan fingerprint density at radius 1 is 1.38 bits per heavy atom. The number of methoxy groups -OCH3 is 1. The normalized spacial score (nSPS) is 11.1. The van der Waals surface area contributed by atoms with Gasteiger partial charge in [0.1, 0.15) is 11.3 Å². The van der Waals surface area contributed by atoms with E-state index in [1.165, 1.54) is 7.11 Å². The Kier molecular flexibility index (Phi) is 1.77. The molecule has 1 aromatic carbocycles. The first-order valence-corrected chi connectivity index (χ1v) is 4.87. The van der Waals surface area contributed by atoms with E-state index in [2.05, 4.69) is 9.72 Å². The molecule has 1 N–H and O–H groups in total. The number of benzene rings is 1. The summed E-state index contributed by atoms with van der Waals surface area (Å²) < 4.78 is 10.0. The van der Waals surface area contributed by atoms with Crippen molar-refractivity contribution in [1.29, 1.82) is 0 Å². The van der Waals surface area contributed by atoms with Gasteiger partial charge in [0.25, 0.3) is 0 Å². The van der Waals surface area contributed by atoms with Gasteiger partial charge in [-0.2, -0.15) is 0 Å². The average molecular weight is 215 g/mol. The molecule has 0 saturated heterocycles. The first kappa shape index (κ1) is 9.03. The van der Waals surface area contributed by atoms with E-state index in [1.807, 2.05) is 18.2 Å². The first-order valence-electron chi connectivity index (χ1n) is 4.87. The first-order chi connectivity index (χ1) is 7.79. The van der Waals surface area contributed by atoms with Crippen molar-refractivity contribution in [2.75, 3.05) is 7.11 Å². The number of hydrogen-bond donors (Lipinski definition) is 1. The third kappa shape index (κ3) is 1.13. The predicted molar refractivity (Wildman–Crippen MR) is 59.4 cm³/mol. The molecule has 0 unspecified atom stereocenters. The Morgan fingerprint density at radius 3 is 3.06 bits per heavy atom. The minimum Gasteiger partial charge on any atom is -0.464 e. The van der Waals surface area contributed by atoms with Gasteiger partial charge in [-0.05, 0) is 24.3 Å². The second kappa shape index (κ2) is 3.13. The van der Waals surface area contributed by atoms with E-state index < -0.39 is 0 Å². The lowest BCUT2D eigenvalue weighted by molar-refractivity contribution is 0.0595. The zero-order chi connectivity index (χ0) is 11.1. The smallest absolute Gasteiger partial charge is 0.354 e. The molecule has 0 aliphatic carbocycles. The zero-order valence-corrected chi connectivity index (χ0v) is 8.61. The van der Waals surface area contributed by atoms with E-state index in [1.54, 1.807) is 12.3 Å². The summed E-state index contributed by atoms with van der Waals surface area (Å²) in [6, 6.07) is 7.49. The zero-order valence-electron chi connectivity index (χ0n) is 8.61. The molecule has 0 amide bonds. The summed E-state index contributed by atoms with van der Waals surface area (Å²) in [4.78, 5) is 14.4. The predicted octanol–water partition coefficient (Wildman–Crippen LogP) is 2.70. The van der Waals surface area contributed by atoms with Crippen LogP contribution < -0.4 is 0 Å². The Morgan fingerprint density at radius 2 is 2.25 bits per heavy atom. The van der Waals surface area contributed by atoms with E-state index in [0.29, 0.717) is 5.69 Å². The number of carbonyl (C=O) groups is 1. The lowest BCUT2D eigenvalue weighted by Crippen LogP contribution is -2.00. The van der Waals surface area contributed by atoms with E-state index in [4.69, 9.17) is 4.42 Å². The number of nitrogens with one attached hydrogen (secondary N) is 1. The maximum atomic E-state index is 11.4. The summed E-state index contributed by atoms with van der Waals surface area (Å²) in [5, 5.41) is 1.91. The summed E-state index contributed by atoms with van der Waals surface area (Å²) in [5.74, 6) is -0.379. The van der Waals surface area contributed by atoms with Gasteiger partial charge in [-0.1, -0.05) is 0 Å². The lowest BCUT2D eigenvalue weighted by atomic mass is 10.2. The molecular weight excluding hydrogens is 206 g/mol. The molecule has 0 spiro atoms. The van der Waals surface area contributed by atoms with E-state index >= 15 is 0 Å². The van der Waals surface area contributed by atoms with E-state index in [0.717, 1.165) is 21.9 Å². The Balaban J connectivity index is 2.34. The number of furan rings is 1. The number of aromatic nitrogens is 1. The molecule has 16 heavy (non-hydrogen) atoms. The third-order valence-corrected chi connectivity index (χ3v) is 2.62. The van der Waals surface area contributed by atoms with Gasteiger partial charge in [0, 0.05) is 16.3 Å². The Bertz CT molecular complexity index is 678. The molecule has 3 aromatic rings. The van der Waals surface area contributed by atoms with Gasteiger partial charge in [0.05, 0.1) is 13.4 Å². The fraction of sp³-hybridized carbons (Fsp3) is 0.0833. The van der Waals surface area contributed by atoms with Crippen molar-refractivity contribution in [3.8, 4) is 0 Å². The Hall–Kier alpha value is -2.23. The fourth-order valence-electron chi connectivity index (χ4n) is 1.85. The quantitative estimate of drug-likeness (QED) is 0.635. The van der Waals surface area contributed by atoms with Gasteiger partial charge < -0.3 is 14.1 Å². The van der Waals surface area contributed by atoms with E-state index in [9.17, 15) is 4.79 Å².